The van der Waals surface area contributed by atoms with E-state index in [1.165, 1.54) is 36.9 Å². The number of fused-ring (bicyclic) bond motifs is 1. The van der Waals surface area contributed by atoms with Crippen LogP contribution in [0.1, 0.15) is 26.2 Å². The van der Waals surface area contributed by atoms with Gasteiger partial charge in [-0.05, 0) is 43.0 Å². The highest BCUT2D eigenvalue weighted by Crippen LogP contribution is 2.33. The second-order valence-electron chi connectivity index (χ2n) is 5.46. The molecule has 0 radical (unpaired) electrons. The molecule has 0 bridgehead atoms. The van der Waals surface area contributed by atoms with Crippen molar-refractivity contribution in [2.24, 2.45) is 5.92 Å². The van der Waals surface area contributed by atoms with Gasteiger partial charge < -0.3 is 10.6 Å². The summed E-state index contributed by atoms with van der Waals surface area (Å²) in [7, 11) is 0. The molecule has 19 heavy (non-hydrogen) atoms. The van der Waals surface area contributed by atoms with Crippen LogP contribution in [0, 0.1) is 5.92 Å². The zero-order chi connectivity index (χ0) is 13.2. The number of anilines is 2. The maximum atomic E-state index is 6.02. The molecule has 100 valence electrons. The van der Waals surface area contributed by atoms with E-state index < -0.39 is 0 Å². The van der Waals surface area contributed by atoms with E-state index >= 15 is 0 Å². The van der Waals surface area contributed by atoms with Crippen LogP contribution in [0.25, 0.3) is 10.9 Å². The fraction of sp³-hybridized carbons (Fsp3) is 0.438. The van der Waals surface area contributed by atoms with E-state index in [1.54, 1.807) is 0 Å². The second kappa shape index (κ2) is 5.08. The zero-order valence-corrected chi connectivity index (χ0v) is 11.5. The Morgan fingerprint density at radius 1 is 1.37 bits per heavy atom. The first-order valence-electron chi connectivity index (χ1n) is 7.17. The lowest BCUT2D eigenvalue weighted by Crippen LogP contribution is -2.20. The van der Waals surface area contributed by atoms with E-state index in [-0.39, 0.29) is 0 Å². The van der Waals surface area contributed by atoms with Crippen molar-refractivity contribution in [2.75, 3.05) is 23.7 Å². The van der Waals surface area contributed by atoms with Crippen LogP contribution in [0.2, 0.25) is 0 Å². The average Bonchev–Trinajstić information content (AvgIpc) is 2.88. The summed E-state index contributed by atoms with van der Waals surface area (Å²) in [6, 6.07) is 8.25. The van der Waals surface area contributed by atoms with Gasteiger partial charge in [-0.3, -0.25) is 4.98 Å². The minimum atomic E-state index is 0.767. The monoisotopic (exact) mass is 255 g/mol. The van der Waals surface area contributed by atoms with Gasteiger partial charge in [-0.15, -0.1) is 0 Å². The maximum Gasteiger partial charge on any atom is 0.0951 e. The molecule has 1 saturated heterocycles. The van der Waals surface area contributed by atoms with Gasteiger partial charge >= 0.3 is 0 Å². The van der Waals surface area contributed by atoms with Gasteiger partial charge in [-0.1, -0.05) is 13.3 Å². The molecule has 1 atom stereocenters. The molecule has 3 nitrogen and oxygen atoms in total. The Morgan fingerprint density at radius 2 is 2.26 bits per heavy atom. The van der Waals surface area contributed by atoms with E-state index in [0.717, 1.165) is 23.7 Å². The van der Waals surface area contributed by atoms with Gasteiger partial charge in [0.1, 0.15) is 0 Å². The zero-order valence-electron chi connectivity index (χ0n) is 11.5. The number of nitrogens with two attached hydrogens (primary N) is 1. The van der Waals surface area contributed by atoms with Crippen molar-refractivity contribution in [3.8, 4) is 0 Å². The molecular formula is C16H21N3. The quantitative estimate of drug-likeness (QED) is 0.854. The van der Waals surface area contributed by atoms with Crippen LogP contribution in [0.5, 0.6) is 0 Å². The number of nitrogen functional groups attached to an aromatic ring is 1. The van der Waals surface area contributed by atoms with E-state index in [1.807, 2.05) is 18.3 Å². The molecule has 1 aromatic carbocycles. The van der Waals surface area contributed by atoms with Crippen LogP contribution >= 0.6 is 0 Å². The Morgan fingerprint density at radius 3 is 3.11 bits per heavy atom. The first kappa shape index (κ1) is 12.3. The molecule has 1 unspecified atom stereocenters. The predicted octanol–water partition coefficient (Wildman–Crippen LogP) is 3.44. The van der Waals surface area contributed by atoms with Gasteiger partial charge in [-0.25, -0.2) is 0 Å². The molecule has 2 N–H and O–H groups in total. The molecule has 1 fully saturated rings. The lowest BCUT2D eigenvalue weighted by atomic mass is 10.0. The van der Waals surface area contributed by atoms with E-state index in [2.05, 4.69) is 28.9 Å². The highest BCUT2D eigenvalue weighted by Gasteiger charge is 2.23. The fourth-order valence-electron chi connectivity index (χ4n) is 3.15. The van der Waals surface area contributed by atoms with Gasteiger partial charge in [0.15, 0.2) is 0 Å². The van der Waals surface area contributed by atoms with Gasteiger partial charge in [0.2, 0.25) is 0 Å². The Labute approximate surface area is 114 Å². The number of hydrogen-bond acceptors (Lipinski definition) is 3. The smallest absolute Gasteiger partial charge is 0.0951 e. The first-order valence-corrected chi connectivity index (χ1v) is 7.17. The molecule has 1 aromatic heterocycles. The average molecular weight is 255 g/mol. The van der Waals surface area contributed by atoms with E-state index in [4.69, 9.17) is 5.73 Å². The molecule has 0 saturated carbocycles. The molecule has 3 rings (SSSR count). The topological polar surface area (TPSA) is 42.1 Å². The summed E-state index contributed by atoms with van der Waals surface area (Å²) in [4.78, 5) is 6.91. The summed E-state index contributed by atoms with van der Waals surface area (Å²) in [5.41, 5.74) is 9.00. The number of hydrogen-bond donors (Lipinski definition) is 1. The van der Waals surface area contributed by atoms with Crippen LogP contribution in [0.4, 0.5) is 11.4 Å². The van der Waals surface area contributed by atoms with Crippen molar-refractivity contribution >= 4 is 22.3 Å². The van der Waals surface area contributed by atoms with Crippen molar-refractivity contribution < 1.29 is 0 Å². The van der Waals surface area contributed by atoms with Crippen molar-refractivity contribution in [2.45, 2.75) is 26.2 Å². The minimum Gasteiger partial charge on any atom is -0.397 e. The summed E-state index contributed by atoms with van der Waals surface area (Å²) in [5.74, 6) is 0.842. The number of benzene rings is 1. The normalized spacial score (nSPS) is 19.2. The third-order valence-electron chi connectivity index (χ3n) is 4.10. The maximum absolute atomic E-state index is 6.02. The highest BCUT2D eigenvalue weighted by atomic mass is 15.2. The van der Waals surface area contributed by atoms with Crippen molar-refractivity contribution in [1.82, 2.24) is 4.98 Å². The summed E-state index contributed by atoms with van der Waals surface area (Å²) in [6.07, 6.45) is 5.73. The molecule has 1 aliphatic heterocycles. The van der Waals surface area contributed by atoms with E-state index in [0.29, 0.717) is 0 Å². The lowest BCUT2D eigenvalue weighted by Gasteiger charge is -2.21. The summed E-state index contributed by atoms with van der Waals surface area (Å²) < 4.78 is 0. The number of nitrogens with zero attached hydrogens (tertiary/aromatic N) is 2. The third kappa shape index (κ3) is 2.25. The molecule has 0 amide bonds. The SMILES string of the molecule is CCCC1CCN(c2ccc(N)c3ncccc23)C1. The molecule has 2 heterocycles. The summed E-state index contributed by atoms with van der Waals surface area (Å²) >= 11 is 0. The molecule has 1 aliphatic rings. The van der Waals surface area contributed by atoms with Crippen molar-refractivity contribution in [1.29, 1.82) is 0 Å². The highest BCUT2D eigenvalue weighted by molar-refractivity contribution is 5.98. The van der Waals surface area contributed by atoms with Crippen LogP contribution in [0.15, 0.2) is 30.5 Å². The van der Waals surface area contributed by atoms with Crippen molar-refractivity contribution in [3.05, 3.63) is 30.5 Å². The predicted molar refractivity (Wildman–Crippen MR) is 81.4 cm³/mol. The first-order chi connectivity index (χ1) is 9.29. The lowest BCUT2D eigenvalue weighted by molar-refractivity contribution is 0.530. The summed E-state index contributed by atoms with van der Waals surface area (Å²) in [5, 5.41) is 1.18. The molecule has 2 aromatic rings. The van der Waals surface area contributed by atoms with Gasteiger partial charge in [-0.2, -0.15) is 0 Å². The van der Waals surface area contributed by atoms with Crippen molar-refractivity contribution in [3.63, 3.8) is 0 Å². The van der Waals surface area contributed by atoms with E-state index in [9.17, 15) is 0 Å². The molecule has 3 heteroatoms. The van der Waals surface area contributed by atoms with Crippen LogP contribution < -0.4 is 10.6 Å². The molecule has 0 spiro atoms. The molecule has 0 aliphatic carbocycles. The van der Waals surface area contributed by atoms with Crippen LogP contribution in [-0.2, 0) is 0 Å². The standard InChI is InChI=1S/C16H21N3/c1-2-4-12-8-10-19(11-12)15-7-6-14(17)16-13(15)5-3-9-18-16/h3,5-7,9,12H,2,4,8,10-11,17H2,1H3. The number of rotatable bonds is 3. The Bertz CT molecular complexity index is 579. The molecular weight excluding hydrogens is 234 g/mol. The Hall–Kier alpha value is -1.77. The largest absolute Gasteiger partial charge is 0.397 e. The Balaban J connectivity index is 1.96. The van der Waals surface area contributed by atoms with Gasteiger partial charge in [0.05, 0.1) is 11.2 Å². The Kier molecular flexibility index (Phi) is 3.28. The number of aromatic nitrogens is 1. The van der Waals surface area contributed by atoms with Crippen LogP contribution in [0.3, 0.4) is 0 Å². The minimum absolute atomic E-state index is 0.767. The van der Waals surface area contributed by atoms with Gasteiger partial charge in [0.25, 0.3) is 0 Å². The second-order valence-corrected chi connectivity index (χ2v) is 5.46. The summed E-state index contributed by atoms with van der Waals surface area (Å²) in [6.45, 7) is 4.59. The van der Waals surface area contributed by atoms with Gasteiger partial charge in [0, 0.05) is 30.4 Å². The van der Waals surface area contributed by atoms with Crippen LogP contribution in [-0.4, -0.2) is 18.1 Å². The third-order valence-corrected chi connectivity index (χ3v) is 4.10. The number of pyridine rings is 1. The fourth-order valence-corrected chi connectivity index (χ4v) is 3.15.